The highest BCUT2D eigenvalue weighted by Crippen LogP contribution is 2.30. The van der Waals surface area contributed by atoms with Crippen molar-refractivity contribution in [1.82, 2.24) is 4.31 Å². The number of piperidine rings is 1. The minimum Gasteiger partial charge on any atom is -0.326 e. The highest BCUT2D eigenvalue weighted by atomic mass is 32.2. The van der Waals surface area contributed by atoms with Crippen LogP contribution < -0.4 is 5.32 Å². The Bertz CT molecular complexity index is 685. The first-order valence-corrected chi connectivity index (χ1v) is 9.41. The number of carbonyl (C=O) groups is 1. The van der Waals surface area contributed by atoms with Crippen LogP contribution in [0.1, 0.15) is 44.6 Å². The Morgan fingerprint density at radius 3 is 2.86 bits per heavy atom. The number of rotatable bonds is 3. The van der Waals surface area contributed by atoms with Crippen molar-refractivity contribution in [3.05, 3.63) is 23.8 Å². The normalized spacial score (nSPS) is 23.0. The van der Waals surface area contributed by atoms with E-state index >= 15 is 0 Å². The van der Waals surface area contributed by atoms with Crippen molar-refractivity contribution >= 4 is 21.6 Å². The van der Waals surface area contributed by atoms with Crippen LogP contribution in [0.5, 0.6) is 0 Å². The monoisotopic (exact) mass is 322 g/mol. The summed E-state index contributed by atoms with van der Waals surface area (Å²) in [5.41, 5.74) is 1.65. The van der Waals surface area contributed by atoms with E-state index in [1.54, 1.807) is 22.5 Å². The van der Waals surface area contributed by atoms with E-state index in [-0.39, 0.29) is 11.9 Å². The molecular formula is C16H22N2O3S. The molecule has 1 N–H and O–H groups in total. The van der Waals surface area contributed by atoms with Gasteiger partial charge in [0.1, 0.15) is 0 Å². The molecule has 2 aliphatic heterocycles. The quantitative estimate of drug-likeness (QED) is 0.930. The average molecular weight is 322 g/mol. The van der Waals surface area contributed by atoms with Crippen LogP contribution >= 0.6 is 0 Å². The van der Waals surface area contributed by atoms with Crippen LogP contribution in [0.15, 0.2) is 23.1 Å². The Morgan fingerprint density at radius 2 is 2.09 bits per heavy atom. The number of carbonyl (C=O) groups excluding carboxylic acids is 1. The van der Waals surface area contributed by atoms with Crippen LogP contribution in [-0.4, -0.2) is 31.2 Å². The van der Waals surface area contributed by atoms with Crippen molar-refractivity contribution in [3.8, 4) is 0 Å². The van der Waals surface area contributed by atoms with Gasteiger partial charge in [0.2, 0.25) is 15.9 Å². The molecule has 0 aromatic heterocycles. The van der Waals surface area contributed by atoms with Gasteiger partial charge >= 0.3 is 0 Å². The number of hydrogen-bond acceptors (Lipinski definition) is 3. The molecular weight excluding hydrogens is 300 g/mol. The molecule has 1 aromatic carbocycles. The Balaban J connectivity index is 1.93. The number of hydrogen-bond donors (Lipinski definition) is 1. The van der Waals surface area contributed by atoms with E-state index in [1.807, 2.05) is 6.92 Å². The largest absolute Gasteiger partial charge is 0.326 e. The van der Waals surface area contributed by atoms with Crippen molar-refractivity contribution in [2.75, 3.05) is 11.9 Å². The summed E-state index contributed by atoms with van der Waals surface area (Å²) < 4.78 is 27.6. The molecule has 0 radical (unpaired) electrons. The fourth-order valence-corrected chi connectivity index (χ4v) is 5.17. The number of sulfonamides is 1. The number of amides is 1. The molecule has 0 bridgehead atoms. The summed E-state index contributed by atoms with van der Waals surface area (Å²) in [7, 11) is -3.45. The van der Waals surface area contributed by atoms with Crippen LogP contribution in [0.4, 0.5) is 5.69 Å². The van der Waals surface area contributed by atoms with Crippen LogP contribution in [-0.2, 0) is 21.2 Å². The summed E-state index contributed by atoms with van der Waals surface area (Å²) >= 11 is 0. The molecule has 1 saturated heterocycles. The van der Waals surface area contributed by atoms with Gasteiger partial charge in [-0.15, -0.1) is 0 Å². The van der Waals surface area contributed by atoms with Gasteiger partial charge < -0.3 is 5.32 Å². The molecule has 6 heteroatoms. The zero-order valence-electron chi connectivity index (χ0n) is 12.8. The van der Waals surface area contributed by atoms with E-state index in [2.05, 4.69) is 5.32 Å². The van der Waals surface area contributed by atoms with Crippen molar-refractivity contribution in [1.29, 1.82) is 0 Å². The third kappa shape index (κ3) is 2.77. The second-order valence-corrected chi connectivity index (χ2v) is 7.93. The maximum Gasteiger partial charge on any atom is 0.243 e. The van der Waals surface area contributed by atoms with Crippen LogP contribution in [0.3, 0.4) is 0 Å². The number of benzene rings is 1. The molecule has 1 aromatic rings. The van der Waals surface area contributed by atoms with Gasteiger partial charge in [-0.1, -0.05) is 13.3 Å². The lowest BCUT2D eigenvalue weighted by atomic mass is 10.0. The van der Waals surface area contributed by atoms with E-state index in [1.165, 1.54) is 0 Å². The SMILES string of the molecule is CCC1CCCCN1S(=O)(=O)c1ccc2c(c1)CCC(=O)N2. The number of aryl methyl sites for hydroxylation is 1. The number of nitrogens with zero attached hydrogens (tertiary/aromatic N) is 1. The van der Waals surface area contributed by atoms with Crippen molar-refractivity contribution in [3.63, 3.8) is 0 Å². The summed E-state index contributed by atoms with van der Waals surface area (Å²) in [5.74, 6) is -0.00909. The van der Waals surface area contributed by atoms with Gasteiger partial charge in [0.15, 0.2) is 0 Å². The highest BCUT2D eigenvalue weighted by Gasteiger charge is 2.33. The molecule has 1 atom stereocenters. The van der Waals surface area contributed by atoms with Crippen molar-refractivity contribution in [2.45, 2.75) is 56.4 Å². The van der Waals surface area contributed by atoms with E-state index in [0.717, 1.165) is 36.9 Å². The Kier molecular flexibility index (Phi) is 4.23. The fraction of sp³-hybridized carbons (Fsp3) is 0.562. The van der Waals surface area contributed by atoms with E-state index in [0.29, 0.717) is 24.3 Å². The lowest BCUT2D eigenvalue weighted by Crippen LogP contribution is -2.43. The molecule has 2 aliphatic rings. The maximum absolute atomic E-state index is 12.9. The lowest BCUT2D eigenvalue weighted by molar-refractivity contribution is -0.116. The molecule has 22 heavy (non-hydrogen) atoms. The molecule has 1 amide bonds. The number of fused-ring (bicyclic) bond motifs is 1. The number of anilines is 1. The molecule has 5 nitrogen and oxygen atoms in total. The van der Waals surface area contributed by atoms with Gasteiger partial charge in [-0.25, -0.2) is 8.42 Å². The number of nitrogens with one attached hydrogen (secondary N) is 1. The first kappa shape index (κ1) is 15.5. The second-order valence-electron chi connectivity index (χ2n) is 6.04. The van der Waals surface area contributed by atoms with Gasteiger partial charge in [0, 0.05) is 24.7 Å². The molecule has 2 heterocycles. The Labute approximate surface area is 131 Å². The van der Waals surface area contributed by atoms with Gasteiger partial charge in [-0.2, -0.15) is 4.31 Å². The van der Waals surface area contributed by atoms with Crippen LogP contribution in [0, 0.1) is 0 Å². The van der Waals surface area contributed by atoms with E-state index in [9.17, 15) is 13.2 Å². The minimum absolute atomic E-state index is 0.00909. The van der Waals surface area contributed by atoms with E-state index < -0.39 is 10.0 Å². The minimum atomic E-state index is -3.45. The Hall–Kier alpha value is -1.40. The smallest absolute Gasteiger partial charge is 0.243 e. The standard InChI is InChI=1S/C16H22N2O3S/c1-2-13-5-3-4-10-18(13)22(20,21)14-7-8-15-12(11-14)6-9-16(19)17-15/h7-8,11,13H,2-6,9-10H2,1H3,(H,17,19). The van der Waals surface area contributed by atoms with Crippen molar-refractivity contribution < 1.29 is 13.2 Å². The highest BCUT2D eigenvalue weighted by molar-refractivity contribution is 7.89. The Morgan fingerprint density at radius 1 is 1.27 bits per heavy atom. The molecule has 1 unspecified atom stereocenters. The van der Waals surface area contributed by atoms with E-state index in [4.69, 9.17) is 0 Å². The van der Waals surface area contributed by atoms with Gasteiger partial charge in [-0.3, -0.25) is 4.79 Å². The van der Waals surface area contributed by atoms with Gasteiger partial charge in [-0.05, 0) is 49.4 Å². The zero-order valence-corrected chi connectivity index (χ0v) is 13.7. The summed E-state index contributed by atoms with van der Waals surface area (Å²) in [4.78, 5) is 11.7. The summed E-state index contributed by atoms with van der Waals surface area (Å²) in [5, 5.41) is 2.79. The van der Waals surface area contributed by atoms with Crippen LogP contribution in [0.25, 0.3) is 0 Å². The predicted molar refractivity (Wildman–Crippen MR) is 85.2 cm³/mol. The molecule has 120 valence electrons. The first-order valence-electron chi connectivity index (χ1n) is 7.97. The molecule has 0 spiro atoms. The van der Waals surface area contributed by atoms with Gasteiger partial charge in [0.05, 0.1) is 4.90 Å². The third-order valence-corrected chi connectivity index (χ3v) is 6.57. The maximum atomic E-state index is 12.9. The predicted octanol–water partition coefficient (Wildman–Crippen LogP) is 2.52. The lowest BCUT2D eigenvalue weighted by Gasteiger charge is -2.34. The van der Waals surface area contributed by atoms with Crippen LogP contribution in [0.2, 0.25) is 0 Å². The van der Waals surface area contributed by atoms with Gasteiger partial charge in [0.25, 0.3) is 0 Å². The topological polar surface area (TPSA) is 66.5 Å². The summed E-state index contributed by atoms with van der Waals surface area (Å²) in [6.07, 6.45) is 4.83. The zero-order chi connectivity index (χ0) is 15.7. The summed E-state index contributed by atoms with van der Waals surface area (Å²) in [6.45, 7) is 2.65. The second kappa shape index (κ2) is 6.01. The third-order valence-electron chi connectivity index (χ3n) is 4.62. The molecule has 0 saturated carbocycles. The molecule has 3 rings (SSSR count). The van der Waals surface area contributed by atoms with Crippen molar-refractivity contribution in [2.24, 2.45) is 0 Å². The fourth-order valence-electron chi connectivity index (χ4n) is 3.35. The average Bonchev–Trinajstić information content (AvgIpc) is 2.54. The molecule has 1 fully saturated rings. The summed E-state index contributed by atoms with van der Waals surface area (Å²) in [6, 6.07) is 5.16. The first-order chi connectivity index (χ1) is 10.5. The molecule has 0 aliphatic carbocycles.